The highest BCUT2D eigenvalue weighted by atomic mass is 19.4. The van der Waals surface area contributed by atoms with E-state index >= 15 is 0 Å². The summed E-state index contributed by atoms with van der Waals surface area (Å²) in [5.74, 6) is 0.257. The third-order valence-electron chi connectivity index (χ3n) is 5.97. The minimum atomic E-state index is -4.74. The van der Waals surface area contributed by atoms with Crippen molar-refractivity contribution in [3.8, 4) is 11.5 Å². The lowest BCUT2D eigenvalue weighted by Gasteiger charge is -2.41. The monoisotopic (exact) mass is 435 g/mol. The number of halogens is 3. The van der Waals surface area contributed by atoms with Gasteiger partial charge in [0, 0.05) is 11.5 Å². The molecule has 4 rings (SSSR count). The van der Waals surface area contributed by atoms with E-state index in [2.05, 4.69) is 22.2 Å². The van der Waals surface area contributed by atoms with Crippen molar-refractivity contribution in [2.75, 3.05) is 13.2 Å². The largest absolute Gasteiger partial charge is 0.573 e. The van der Waals surface area contributed by atoms with Crippen LogP contribution in [0.2, 0.25) is 0 Å². The molecular formula is C24H28F3NO3. The third kappa shape index (κ3) is 4.99. The molecule has 2 aromatic carbocycles. The van der Waals surface area contributed by atoms with Crippen LogP contribution in [0.25, 0.3) is 0 Å². The average Bonchev–Trinajstić information content (AvgIpc) is 3.12. The van der Waals surface area contributed by atoms with Gasteiger partial charge in [-0.25, -0.2) is 0 Å². The molecule has 0 aromatic heterocycles. The van der Waals surface area contributed by atoms with E-state index in [1.807, 2.05) is 32.0 Å². The van der Waals surface area contributed by atoms with Crippen molar-refractivity contribution in [1.29, 1.82) is 0 Å². The molecule has 2 aromatic rings. The topological polar surface area (TPSA) is 39.7 Å². The molecule has 0 amide bonds. The molecule has 2 aliphatic rings. The first-order chi connectivity index (χ1) is 14.8. The minimum Gasteiger partial charge on any atom is -0.491 e. The van der Waals surface area contributed by atoms with Crippen LogP contribution in [0.1, 0.15) is 56.2 Å². The molecule has 2 fully saturated rings. The Balaban J connectivity index is 1.64. The van der Waals surface area contributed by atoms with Crippen LogP contribution in [0, 0.1) is 0 Å². The highest BCUT2D eigenvalue weighted by Gasteiger charge is 2.49. The third-order valence-corrected chi connectivity index (χ3v) is 5.97. The first-order valence-corrected chi connectivity index (χ1v) is 10.7. The van der Waals surface area contributed by atoms with E-state index in [4.69, 9.17) is 9.47 Å². The number of rotatable bonds is 5. The second kappa shape index (κ2) is 8.71. The fraction of sp³-hybridized carbons (Fsp3) is 0.500. The smallest absolute Gasteiger partial charge is 0.491 e. The summed E-state index contributed by atoms with van der Waals surface area (Å²) in [4.78, 5) is 0. The molecule has 0 bridgehead atoms. The molecule has 7 heteroatoms. The van der Waals surface area contributed by atoms with Crippen LogP contribution in [0.3, 0.4) is 0 Å². The van der Waals surface area contributed by atoms with Gasteiger partial charge in [-0.15, -0.1) is 13.2 Å². The van der Waals surface area contributed by atoms with Gasteiger partial charge in [-0.05, 0) is 63.4 Å². The van der Waals surface area contributed by atoms with Crippen LogP contribution in [0.4, 0.5) is 13.2 Å². The number of hydrogen-bond acceptors (Lipinski definition) is 4. The minimum absolute atomic E-state index is 0.0384. The summed E-state index contributed by atoms with van der Waals surface area (Å²) in [6.07, 6.45) is -2.25. The van der Waals surface area contributed by atoms with Gasteiger partial charge in [-0.2, -0.15) is 0 Å². The lowest BCUT2D eigenvalue weighted by Crippen LogP contribution is -2.48. The van der Waals surface area contributed by atoms with Crippen molar-refractivity contribution in [1.82, 2.24) is 5.32 Å². The Labute approximate surface area is 180 Å². The summed E-state index contributed by atoms with van der Waals surface area (Å²) < 4.78 is 54.9. The molecule has 168 valence electrons. The summed E-state index contributed by atoms with van der Waals surface area (Å²) in [5, 5.41) is 3.60. The Morgan fingerprint density at radius 2 is 1.90 bits per heavy atom. The summed E-state index contributed by atoms with van der Waals surface area (Å²) in [6, 6.07) is 14.5. The van der Waals surface area contributed by atoms with Gasteiger partial charge in [0.2, 0.25) is 0 Å². The number of alkyl halides is 3. The maximum atomic E-state index is 12.8. The zero-order chi connectivity index (χ0) is 22.1. The van der Waals surface area contributed by atoms with Gasteiger partial charge in [0.1, 0.15) is 11.5 Å². The Morgan fingerprint density at radius 1 is 1.13 bits per heavy atom. The number of hydrogen-bond donors (Lipinski definition) is 1. The van der Waals surface area contributed by atoms with Crippen molar-refractivity contribution in [2.45, 2.75) is 63.1 Å². The Hall–Kier alpha value is -2.25. The summed E-state index contributed by atoms with van der Waals surface area (Å²) in [7, 11) is 0. The highest BCUT2D eigenvalue weighted by Crippen LogP contribution is 2.50. The van der Waals surface area contributed by atoms with Crippen molar-refractivity contribution >= 4 is 0 Å². The van der Waals surface area contributed by atoms with E-state index in [0.717, 1.165) is 24.9 Å². The molecule has 3 atom stereocenters. The molecule has 4 nitrogen and oxygen atoms in total. The molecule has 2 aliphatic heterocycles. The van der Waals surface area contributed by atoms with Crippen molar-refractivity contribution < 1.29 is 27.4 Å². The highest BCUT2D eigenvalue weighted by molar-refractivity contribution is 5.44. The predicted octanol–water partition coefficient (Wildman–Crippen LogP) is 5.74. The normalized spacial score (nSPS) is 26.4. The quantitative estimate of drug-likeness (QED) is 0.650. The van der Waals surface area contributed by atoms with E-state index in [1.165, 1.54) is 12.1 Å². The van der Waals surface area contributed by atoms with Crippen LogP contribution in [0.5, 0.6) is 11.5 Å². The van der Waals surface area contributed by atoms with E-state index in [1.54, 1.807) is 6.07 Å². The van der Waals surface area contributed by atoms with E-state index < -0.39 is 12.0 Å². The van der Waals surface area contributed by atoms with Crippen LogP contribution in [0.15, 0.2) is 48.5 Å². The van der Waals surface area contributed by atoms with Crippen molar-refractivity contribution in [3.05, 3.63) is 59.7 Å². The van der Waals surface area contributed by atoms with Crippen molar-refractivity contribution in [3.63, 3.8) is 0 Å². The number of benzene rings is 2. The predicted molar refractivity (Wildman–Crippen MR) is 111 cm³/mol. The van der Waals surface area contributed by atoms with Gasteiger partial charge >= 0.3 is 6.36 Å². The van der Waals surface area contributed by atoms with Crippen LogP contribution in [-0.2, 0) is 4.74 Å². The van der Waals surface area contributed by atoms with Gasteiger partial charge in [-0.3, -0.25) is 0 Å². The second-order valence-electron chi connectivity index (χ2n) is 8.59. The summed E-state index contributed by atoms with van der Waals surface area (Å²) in [6.45, 7) is 5.13. The standard InChI is InChI=1S/C24H28F3NO3/c1-16(2)30-21-10-9-19(31-24(25,26)27)13-20(21)18-14-23(29-15-18)11-6-12-28-22(23)17-7-4-3-5-8-17/h3-5,7-10,13,16,18,22,28H,6,11-12,14-15H2,1-2H3/t18?,22-,23+/m0/s1. The zero-order valence-corrected chi connectivity index (χ0v) is 17.7. The van der Waals surface area contributed by atoms with Gasteiger partial charge in [0.15, 0.2) is 0 Å². The fourth-order valence-electron chi connectivity index (χ4n) is 4.81. The molecule has 1 spiro atoms. The first kappa shape index (κ1) is 22.0. The molecule has 1 unspecified atom stereocenters. The summed E-state index contributed by atoms with van der Waals surface area (Å²) >= 11 is 0. The molecule has 1 N–H and O–H groups in total. The maximum absolute atomic E-state index is 12.8. The van der Waals surface area contributed by atoms with Gasteiger partial charge in [0.25, 0.3) is 0 Å². The number of ether oxygens (including phenoxy) is 3. The van der Waals surface area contributed by atoms with Crippen LogP contribution >= 0.6 is 0 Å². The average molecular weight is 435 g/mol. The van der Waals surface area contributed by atoms with Gasteiger partial charge in [0.05, 0.1) is 24.4 Å². The van der Waals surface area contributed by atoms with Gasteiger partial charge < -0.3 is 19.5 Å². The second-order valence-corrected chi connectivity index (χ2v) is 8.59. The first-order valence-electron chi connectivity index (χ1n) is 10.7. The summed E-state index contributed by atoms with van der Waals surface area (Å²) in [5.41, 5.74) is 1.46. The van der Waals surface area contributed by atoms with E-state index in [-0.39, 0.29) is 23.8 Å². The van der Waals surface area contributed by atoms with Crippen LogP contribution < -0.4 is 14.8 Å². The van der Waals surface area contributed by atoms with E-state index in [9.17, 15) is 13.2 Å². The Bertz CT molecular complexity index is 887. The molecular weight excluding hydrogens is 407 g/mol. The number of piperidine rings is 1. The molecule has 2 heterocycles. The van der Waals surface area contributed by atoms with Gasteiger partial charge in [-0.1, -0.05) is 30.3 Å². The molecule has 0 saturated carbocycles. The Kier molecular flexibility index (Phi) is 6.17. The van der Waals surface area contributed by atoms with Crippen molar-refractivity contribution in [2.24, 2.45) is 0 Å². The Morgan fingerprint density at radius 3 is 2.61 bits per heavy atom. The zero-order valence-electron chi connectivity index (χ0n) is 17.7. The van der Waals surface area contributed by atoms with Crippen LogP contribution in [-0.4, -0.2) is 31.2 Å². The molecule has 2 saturated heterocycles. The molecule has 31 heavy (non-hydrogen) atoms. The SMILES string of the molecule is CC(C)Oc1ccc(OC(F)(F)F)cc1C1CO[C@]2(CCCN[C@H]2c2ccccc2)C1. The lowest BCUT2D eigenvalue weighted by atomic mass is 9.77. The fourth-order valence-corrected chi connectivity index (χ4v) is 4.81. The van der Waals surface area contributed by atoms with E-state index in [0.29, 0.717) is 24.3 Å². The maximum Gasteiger partial charge on any atom is 0.573 e. The lowest BCUT2D eigenvalue weighted by molar-refractivity contribution is -0.274. The molecule has 0 radical (unpaired) electrons. The molecule has 0 aliphatic carbocycles. The number of nitrogens with one attached hydrogen (secondary N) is 1.